The second-order valence-electron chi connectivity index (χ2n) is 7.75. The highest BCUT2D eigenvalue weighted by Crippen LogP contribution is 2.22. The van der Waals surface area contributed by atoms with Gasteiger partial charge in [-0.1, -0.05) is 29.8 Å². The van der Waals surface area contributed by atoms with Gasteiger partial charge in [-0.05, 0) is 65.2 Å². The van der Waals surface area contributed by atoms with Crippen LogP contribution in [0.15, 0.2) is 63.9 Å². The second-order valence-corrected chi connectivity index (χ2v) is 8.98. The second kappa shape index (κ2) is 9.94. The van der Waals surface area contributed by atoms with Gasteiger partial charge in [0.2, 0.25) is 0 Å². The Kier molecular flexibility index (Phi) is 7.03. The van der Waals surface area contributed by atoms with Gasteiger partial charge in [-0.3, -0.25) is 19.7 Å². The van der Waals surface area contributed by atoms with Gasteiger partial charge in [-0.15, -0.1) is 0 Å². The normalized spacial score (nSPS) is 15.0. The minimum absolute atomic E-state index is 0.0780. The van der Waals surface area contributed by atoms with Crippen molar-refractivity contribution < 1.29 is 9.53 Å². The maximum Gasteiger partial charge on any atom is 0.411 e. The van der Waals surface area contributed by atoms with Gasteiger partial charge in [0.15, 0.2) is 0 Å². The molecule has 0 aliphatic carbocycles. The van der Waals surface area contributed by atoms with Gasteiger partial charge < -0.3 is 4.74 Å². The molecule has 0 spiro atoms. The van der Waals surface area contributed by atoms with Crippen molar-refractivity contribution in [2.75, 3.05) is 18.4 Å². The summed E-state index contributed by atoms with van der Waals surface area (Å²) in [5.41, 5.74) is 2.31. The molecule has 2 heterocycles. The highest BCUT2D eigenvalue weighted by atomic mass is 79.9. The number of amides is 1. The van der Waals surface area contributed by atoms with Gasteiger partial charge in [-0.2, -0.15) is 0 Å². The Morgan fingerprint density at radius 3 is 2.44 bits per heavy atom. The maximum absolute atomic E-state index is 12.8. The molecule has 1 amide bonds. The number of hydrogen-bond donors (Lipinski definition) is 1. The average molecular weight is 520 g/mol. The third kappa shape index (κ3) is 5.09. The molecule has 1 aromatic heterocycles. The van der Waals surface area contributed by atoms with Gasteiger partial charge in [-0.25, -0.2) is 9.48 Å². The molecule has 0 atom stereocenters. The summed E-state index contributed by atoms with van der Waals surface area (Å²) < 4.78 is 9.70. The smallest absolute Gasteiger partial charge is 0.411 e. The Hall–Kier alpha value is -2.55. The summed E-state index contributed by atoms with van der Waals surface area (Å²) >= 11 is 9.35. The molecule has 1 fully saturated rings. The van der Waals surface area contributed by atoms with Gasteiger partial charge in [0, 0.05) is 37.4 Å². The van der Waals surface area contributed by atoms with Crippen molar-refractivity contribution in [2.45, 2.75) is 25.5 Å². The molecule has 168 valence electrons. The molecule has 9 heteroatoms. The lowest BCUT2D eigenvalue weighted by molar-refractivity contribution is 0.0559. The van der Waals surface area contributed by atoms with E-state index in [1.165, 1.54) is 0 Å². The minimum Gasteiger partial charge on any atom is -0.446 e. The van der Waals surface area contributed by atoms with Crippen LogP contribution in [0.25, 0.3) is 5.69 Å². The summed E-state index contributed by atoms with van der Waals surface area (Å²) in [6.45, 7) is 2.18. The molecule has 2 aromatic carbocycles. The number of carbonyl (C=O) groups is 1. The van der Waals surface area contributed by atoms with Gasteiger partial charge in [0.25, 0.3) is 5.56 Å². The Labute approximate surface area is 199 Å². The average Bonchev–Trinajstić information content (AvgIpc) is 3.00. The third-order valence-corrected chi connectivity index (χ3v) is 6.65. The molecule has 3 aromatic rings. The quantitative estimate of drug-likeness (QED) is 0.526. The van der Waals surface area contributed by atoms with Crippen LogP contribution in [0.5, 0.6) is 0 Å². The first-order chi connectivity index (χ1) is 15.4. The number of aromatic nitrogens is 2. The van der Waals surface area contributed by atoms with E-state index >= 15 is 0 Å². The fraction of sp³-hybridized carbons (Fsp3) is 0.304. The van der Waals surface area contributed by atoms with Crippen molar-refractivity contribution in [2.24, 2.45) is 7.05 Å². The minimum atomic E-state index is -0.462. The summed E-state index contributed by atoms with van der Waals surface area (Å²) in [4.78, 5) is 27.2. The predicted octanol–water partition coefficient (Wildman–Crippen LogP) is 4.81. The van der Waals surface area contributed by atoms with Crippen molar-refractivity contribution in [1.29, 1.82) is 0 Å². The molecule has 0 bridgehead atoms. The molecule has 1 aliphatic heterocycles. The molecule has 32 heavy (non-hydrogen) atoms. The summed E-state index contributed by atoms with van der Waals surface area (Å²) in [7, 11) is 1.89. The van der Waals surface area contributed by atoms with E-state index in [1.807, 2.05) is 42.1 Å². The van der Waals surface area contributed by atoms with E-state index in [0.717, 1.165) is 37.3 Å². The van der Waals surface area contributed by atoms with Crippen LogP contribution in [0.4, 0.5) is 10.5 Å². The summed E-state index contributed by atoms with van der Waals surface area (Å²) in [6.07, 6.45) is 0.869. The fourth-order valence-electron chi connectivity index (χ4n) is 3.88. The number of carbonyl (C=O) groups excluding carboxylic acids is 1. The van der Waals surface area contributed by atoms with Crippen molar-refractivity contribution in [3.8, 4) is 5.69 Å². The molecule has 1 N–H and O–H groups in total. The number of para-hydroxylation sites is 1. The van der Waals surface area contributed by atoms with Crippen molar-refractivity contribution in [3.63, 3.8) is 0 Å². The number of nitrogens with one attached hydrogen (secondary N) is 1. The van der Waals surface area contributed by atoms with E-state index in [4.69, 9.17) is 16.3 Å². The van der Waals surface area contributed by atoms with Crippen LogP contribution in [-0.2, 0) is 18.3 Å². The first kappa shape index (κ1) is 22.6. The van der Waals surface area contributed by atoms with E-state index in [0.29, 0.717) is 21.7 Å². The van der Waals surface area contributed by atoms with Crippen LogP contribution in [-0.4, -0.2) is 39.6 Å². The number of halogens is 2. The van der Waals surface area contributed by atoms with Crippen LogP contribution >= 0.6 is 27.5 Å². The van der Waals surface area contributed by atoms with Crippen LogP contribution in [0, 0.1) is 0 Å². The van der Waals surface area contributed by atoms with Gasteiger partial charge >= 0.3 is 6.09 Å². The fourth-order valence-corrected chi connectivity index (χ4v) is 4.55. The molecule has 7 nitrogen and oxygen atoms in total. The molecule has 0 unspecified atom stereocenters. The zero-order chi connectivity index (χ0) is 22.7. The zero-order valence-corrected chi connectivity index (χ0v) is 20.0. The Balaban J connectivity index is 1.34. The lowest BCUT2D eigenvalue weighted by atomic mass is 10.1. The number of benzene rings is 2. The monoisotopic (exact) mass is 518 g/mol. The molecule has 0 radical (unpaired) electrons. The van der Waals surface area contributed by atoms with Gasteiger partial charge in [0.1, 0.15) is 10.6 Å². The SMILES string of the molecule is Cn1c(CN2CCC(OC(=O)Nc3ccc(Cl)cc3)CC2)c(Br)c(=O)n1-c1ccccc1. The number of hydrogen-bond acceptors (Lipinski definition) is 4. The highest BCUT2D eigenvalue weighted by Gasteiger charge is 2.25. The van der Waals surface area contributed by atoms with E-state index < -0.39 is 6.09 Å². The first-order valence-corrected chi connectivity index (χ1v) is 11.6. The van der Waals surface area contributed by atoms with E-state index in [-0.39, 0.29) is 11.7 Å². The van der Waals surface area contributed by atoms with E-state index in [1.54, 1.807) is 28.9 Å². The number of ether oxygens (including phenoxy) is 1. The van der Waals surface area contributed by atoms with Gasteiger partial charge in [0.05, 0.1) is 11.4 Å². The highest BCUT2D eigenvalue weighted by molar-refractivity contribution is 9.10. The largest absolute Gasteiger partial charge is 0.446 e. The Morgan fingerprint density at radius 1 is 1.12 bits per heavy atom. The molecule has 0 saturated carbocycles. The molecule has 1 saturated heterocycles. The summed E-state index contributed by atoms with van der Waals surface area (Å²) in [5, 5.41) is 3.34. The first-order valence-electron chi connectivity index (χ1n) is 10.4. The standard InChI is InChI=1S/C23H24BrClN4O3/c1-27-20(21(24)22(30)29(27)18-5-3-2-4-6-18)15-28-13-11-19(12-14-28)32-23(31)26-17-9-7-16(25)8-10-17/h2-10,19H,11-15H2,1H3,(H,26,31). The number of rotatable bonds is 5. The third-order valence-electron chi connectivity index (χ3n) is 5.60. The van der Waals surface area contributed by atoms with Crippen LogP contribution in [0.1, 0.15) is 18.5 Å². The summed E-state index contributed by atoms with van der Waals surface area (Å²) in [5.74, 6) is 0. The molecule has 4 rings (SSSR count). The van der Waals surface area contributed by atoms with Crippen molar-refractivity contribution >= 4 is 39.3 Å². The van der Waals surface area contributed by atoms with E-state index in [2.05, 4.69) is 26.1 Å². The predicted molar refractivity (Wildman–Crippen MR) is 129 cm³/mol. The van der Waals surface area contributed by atoms with Crippen molar-refractivity contribution in [3.05, 3.63) is 80.1 Å². The lowest BCUT2D eigenvalue weighted by Gasteiger charge is -2.31. The van der Waals surface area contributed by atoms with Crippen LogP contribution in [0.3, 0.4) is 0 Å². The topological polar surface area (TPSA) is 68.5 Å². The number of nitrogens with zero attached hydrogens (tertiary/aromatic N) is 3. The number of anilines is 1. The van der Waals surface area contributed by atoms with E-state index in [9.17, 15) is 9.59 Å². The molecular weight excluding hydrogens is 496 g/mol. The number of piperidine rings is 1. The zero-order valence-electron chi connectivity index (χ0n) is 17.6. The lowest BCUT2D eigenvalue weighted by Crippen LogP contribution is -2.38. The van der Waals surface area contributed by atoms with Crippen molar-refractivity contribution in [1.82, 2.24) is 14.3 Å². The molecule has 1 aliphatic rings. The van der Waals surface area contributed by atoms with Crippen LogP contribution < -0.4 is 10.9 Å². The Morgan fingerprint density at radius 2 is 1.78 bits per heavy atom. The Bertz CT molecular complexity index is 1140. The van der Waals surface area contributed by atoms with Crippen LogP contribution in [0.2, 0.25) is 5.02 Å². The molecular formula is C23H24BrClN4O3. The number of likely N-dealkylation sites (tertiary alicyclic amines) is 1. The summed E-state index contributed by atoms with van der Waals surface area (Å²) in [6, 6.07) is 16.5. The maximum atomic E-state index is 12.8.